The van der Waals surface area contributed by atoms with E-state index in [-0.39, 0.29) is 0 Å². The summed E-state index contributed by atoms with van der Waals surface area (Å²) in [6.45, 7) is 0.618. The molecule has 0 aliphatic heterocycles. The molecule has 0 fully saturated rings. The van der Waals surface area contributed by atoms with Crippen molar-refractivity contribution in [3.05, 3.63) is 27.7 Å². The lowest BCUT2D eigenvalue weighted by atomic mass is 10.3. The van der Waals surface area contributed by atoms with Crippen LogP contribution < -0.4 is 5.32 Å². The molecule has 0 atom stereocenters. The third-order valence-electron chi connectivity index (χ3n) is 1.48. The third-order valence-corrected chi connectivity index (χ3v) is 2.30. The first-order valence-electron chi connectivity index (χ1n) is 3.80. The van der Waals surface area contributed by atoms with Crippen LogP contribution in [0.2, 0.25) is 5.02 Å². The lowest BCUT2D eigenvalue weighted by Gasteiger charge is -2.06. The van der Waals surface area contributed by atoms with Crippen LogP contribution in [0.4, 0.5) is 5.69 Å². The molecule has 0 aliphatic rings. The van der Waals surface area contributed by atoms with Gasteiger partial charge in [0.25, 0.3) is 0 Å². The Morgan fingerprint density at radius 1 is 1.54 bits per heavy atom. The zero-order valence-electron chi connectivity index (χ0n) is 6.85. The van der Waals surface area contributed by atoms with Crippen molar-refractivity contribution >= 4 is 33.2 Å². The van der Waals surface area contributed by atoms with Crippen LogP contribution in [0.15, 0.2) is 22.7 Å². The number of nitrogens with zero attached hydrogens (tertiary/aromatic N) is 1. The average Bonchev–Trinajstić information content (AvgIpc) is 2.11. The lowest BCUT2D eigenvalue weighted by molar-refractivity contribution is 1.07. The van der Waals surface area contributed by atoms with Gasteiger partial charge in [0.1, 0.15) is 0 Å². The van der Waals surface area contributed by atoms with Gasteiger partial charge in [0.2, 0.25) is 0 Å². The molecule has 0 spiro atoms. The molecule has 68 valence electrons. The summed E-state index contributed by atoms with van der Waals surface area (Å²) in [7, 11) is 0. The number of halogens is 2. The first-order valence-corrected chi connectivity index (χ1v) is 4.97. The monoisotopic (exact) mass is 258 g/mol. The van der Waals surface area contributed by atoms with E-state index in [2.05, 4.69) is 27.3 Å². The van der Waals surface area contributed by atoms with E-state index in [0.717, 1.165) is 10.2 Å². The van der Waals surface area contributed by atoms with Crippen LogP contribution in [0.3, 0.4) is 0 Å². The number of nitrogens with one attached hydrogen (secondary N) is 1. The number of benzene rings is 1. The maximum Gasteiger partial charge on any atom is 0.0640 e. The highest BCUT2D eigenvalue weighted by molar-refractivity contribution is 9.10. The van der Waals surface area contributed by atoms with Gasteiger partial charge in [0, 0.05) is 11.0 Å². The van der Waals surface area contributed by atoms with E-state index in [1.54, 1.807) is 6.07 Å². The van der Waals surface area contributed by atoms with Gasteiger partial charge >= 0.3 is 0 Å². The highest BCUT2D eigenvalue weighted by Gasteiger charge is 1.99. The van der Waals surface area contributed by atoms with Crippen LogP contribution in [0.1, 0.15) is 6.42 Å². The molecule has 0 saturated heterocycles. The normalized spacial score (nSPS) is 9.31. The van der Waals surface area contributed by atoms with Crippen molar-refractivity contribution in [2.75, 3.05) is 11.9 Å². The second kappa shape index (κ2) is 5.11. The van der Waals surface area contributed by atoms with Crippen molar-refractivity contribution in [3.8, 4) is 6.07 Å². The summed E-state index contributed by atoms with van der Waals surface area (Å²) in [5.74, 6) is 0. The van der Waals surface area contributed by atoms with Crippen LogP contribution >= 0.6 is 27.5 Å². The van der Waals surface area contributed by atoms with Gasteiger partial charge in [0.05, 0.1) is 23.2 Å². The largest absolute Gasteiger partial charge is 0.383 e. The number of hydrogen-bond acceptors (Lipinski definition) is 2. The Labute approximate surface area is 90.6 Å². The Hall–Kier alpha value is -0.720. The molecule has 0 amide bonds. The summed E-state index contributed by atoms with van der Waals surface area (Å²) in [5, 5.41) is 12.1. The molecule has 0 aliphatic carbocycles. The predicted octanol–water partition coefficient (Wildman–Crippen LogP) is 3.43. The molecule has 0 bridgehead atoms. The Balaban J connectivity index is 2.65. The smallest absolute Gasteiger partial charge is 0.0640 e. The second-order valence-electron chi connectivity index (χ2n) is 2.46. The van der Waals surface area contributed by atoms with E-state index in [1.807, 2.05) is 12.1 Å². The van der Waals surface area contributed by atoms with Crippen molar-refractivity contribution in [3.63, 3.8) is 0 Å². The van der Waals surface area contributed by atoms with Gasteiger partial charge in [-0.1, -0.05) is 27.5 Å². The molecule has 4 heteroatoms. The molecule has 1 N–H and O–H groups in total. The van der Waals surface area contributed by atoms with Gasteiger partial charge < -0.3 is 5.32 Å². The summed E-state index contributed by atoms with van der Waals surface area (Å²) < 4.78 is 0.969. The summed E-state index contributed by atoms with van der Waals surface area (Å²) in [6.07, 6.45) is 0.475. The number of nitriles is 1. The van der Waals surface area contributed by atoms with Crippen LogP contribution in [-0.2, 0) is 0 Å². The number of hydrogen-bond donors (Lipinski definition) is 1. The molecule has 0 saturated carbocycles. The van der Waals surface area contributed by atoms with Gasteiger partial charge in [-0.15, -0.1) is 0 Å². The fraction of sp³-hybridized carbons (Fsp3) is 0.222. The van der Waals surface area contributed by atoms with Gasteiger partial charge in [-0.05, 0) is 18.2 Å². The minimum atomic E-state index is 0.475. The van der Waals surface area contributed by atoms with Crippen molar-refractivity contribution in [2.45, 2.75) is 6.42 Å². The molecular weight excluding hydrogens is 251 g/mol. The van der Waals surface area contributed by atoms with Crippen LogP contribution in [0.25, 0.3) is 0 Å². The van der Waals surface area contributed by atoms with Crippen molar-refractivity contribution < 1.29 is 0 Å². The van der Waals surface area contributed by atoms with Crippen molar-refractivity contribution in [2.24, 2.45) is 0 Å². The van der Waals surface area contributed by atoms with E-state index in [4.69, 9.17) is 16.9 Å². The van der Waals surface area contributed by atoms with Gasteiger partial charge in [-0.2, -0.15) is 5.26 Å². The molecule has 1 aromatic carbocycles. The molecule has 0 unspecified atom stereocenters. The molecule has 1 aromatic rings. The fourth-order valence-electron chi connectivity index (χ4n) is 0.886. The standard InChI is InChI=1S/C9H8BrClN2/c10-7-2-3-8(11)9(6-7)13-5-1-4-12/h2-3,6,13H,1,5H2. The number of anilines is 1. The molecule has 0 aromatic heterocycles. The Morgan fingerprint density at radius 2 is 2.31 bits per heavy atom. The minimum absolute atomic E-state index is 0.475. The zero-order chi connectivity index (χ0) is 9.68. The van der Waals surface area contributed by atoms with E-state index < -0.39 is 0 Å². The Bertz CT molecular complexity index is 333. The maximum atomic E-state index is 8.34. The third kappa shape index (κ3) is 3.25. The molecule has 0 heterocycles. The fourth-order valence-corrected chi connectivity index (χ4v) is 1.43. The quantitative estimate of drug-likeness (QED) is 0.844. The summed E-state index contributed by atoms with van der Waals surface area (Å²) in [6, 6.07) is 7.62. The highest BCUT2D eigenvalue weighted by atomic mass is 79.9. The van der Waals surface area contributed by atoms with E-state index in [0.29, 0.717) is 18.0 Å². The molecule has 1 rings (SSSR count). The highest BCUT2D eigenvalue weighted by Crippen LogP contribution is 2.25. The van der Waals surface area contributed by atoms with Gasteiger partial charge in [-0.25, -0.2) is 0 Å². The van der Waals surface area contributed by atoms with Gasteiger partial charge in [-0.3, -0.25) is 0 Å². The van der Waals surface area contributed by atoms with Crippen LogP contribution in [0.5, 0.6) is 0 Å². The van der Waals surface area contributed by atoms with Crippen LogP contribution in [-0.4, -0.2) is 6.54 Å². The lowest BCUT2D eigenvalue weighted by Crippen LogP contribution is -2.00. The first kappa shape index (κ1) is 10.4. The van der Waals surface area contributed by atoms with E-state index in [9.17, 15) is 0 Å². The summed E-state index contributed by atoms with van der Waals surface area (Å²) in [5.41, 5.74) is 0.853. The predicted molar refractivity (Wildman–Crippen MR) is 57.9 cm³/mol. The number of rotatable bonds is 3. The van der Waals surface area contributed by atoms with Crippen LogP contribution in [0, 0.1) is 11.3 Å². The Morgan fingerprint density at radius 3 is 3.00 bits per heavy atom. The van der Waals surface area contributed by atoms with Crippen molar-refractivity contribution in [1.29, 1.82) is 5.26 Å². The molecule has 0 radical (unpaired) electrons. The molecular formula is C9H8BrClN2. The minimum Gasteiger partial charge on any atom is -0.383 e. The molecule has 13 heavy (non-hydrogen) atoms. The second-order valence-corrected chi connectivity index (χ2v) is 3.78. The average molecular weight is 260 g/mol. The van der Waals surface area contributed by atoms with Crippen molar-refractivity contribution in [1.82, 2.24) is 0 Å². The SMILES string of the molecule is N#CCCNc1cc(Br)ccc1Cl. The molecule has 2 nitrogen and oxygen atoms in total. The van der Waals surface area contributed by atoms with E-state index >= 15 is 0 Å². The summed E-state index contributed by atoms with van der Waals surface area (Å²) in [4.78, 5) is 0. The zero-order valence-corrected chi connectivity index (χ0v) is 9.19. The first-order chi connectivity index (χ1) is 6.24. The van der Waals surface area contributed by atoms with E-state index in [1.165, 1.54) is 0 Å². The van der Waals surface area contributed by atoms with Gasteiger partial charge in [0.15, 0.2) is 0 Å². The topological polar surface area (TPSA) is 35.8 Å². The maximum absolute atomic E-state index is 8.34. The Kier molecular flexibility index (Phi) is 4.07. The summed E-state index contributed by atoms with van der Waals surface area (Å²) >= 11 is 9.25.